The normalized spacial score (nSPS) is 11.0. The number of aromatic amines is 1. The lowest BCUT2D eigenvalue weighted by atomic mass is 10.0. The lowest BCUT2D eigenvalue weighted by Crippen LogP contribution is -2.28. The Kier molecular flexibility index (Phi) is 6.52. The van der Waals surface area contributed by atoms with E-state index >= 15 is 0 Å². The molecule has 0 saturated heterocycles. The van der Waals surface area contributed by atoms with Crippen LogP contribution in [0.5, 0.6) is 0 Å². The van der Waals surface area contributed by atoms with Crippen molar-refractivity contribution in [3.05, 3.63) is 105 Å². The number of ketones is 1. The molecule has 0 saturated carbocycles. The fourth-order valence-electron chi connectivity index (χ4n) is 2.90. The summed E-state index contributed by atoms with van der Waals surface area (Å²) >= 11 is 0. The fourth-order valence-corrected chi connectivity index (χ4v) is 2.90. The summed E-state index contributed by atoms with van der Waals surface area (Å²) in [7, 11) is 0. The Bertz CT molecular complexity index is 1060. The van der Waals surface area contributed by atoms with Gasteiger partial charge in [0.2, 0.25) is 0 Å². The van der Waals surface area contributed by atoms with E-state index in [1.54, 1.807) is 0 Å². The highest BCUT2D eigenvalue weighted by Gasteiger charge is 2.04. The van der Waals surface area contributed by atoms with Gasteiger partial charge in [-0.05, 0) is 23.1 Å². The summed E-state index contributed by atoms with van der Waals surface area (Å²) in [5.74, 6) is 0.179. The van der Waals surface area contributed by atoms with Crippen LogP contribution < -0.4 is 11.2 Å². The van der Waals surface area contributed by atoms with Gasteiger partial charge in [-0.1, -0.05) is 66.7 Å². The molecule has 0 aliphatic rings. The van der Waals surface area contributed by atoms with Crippen molar-refractivity contribution in [3.8, 4) is 11.1 Å². The molecule has 0 aliphatic carbocycles. The van der Waals surface area contributed by atoms with Gasteiger partial charge in [0.15, 0.2) is 0 Å². The second-order valence-electron chi connectivity index (χ2n) is 6.55. The van der Waals surface area contributed by atoms with Gasteiger partial charge >= 0.3 is 5.69 Å². The second kappa shape index (κ2) is 9.46. The zero-order valence-electron chi connectivity index (χ0n) is 15.5. The van der Waals surface area contributed by atoms with Crippen molar-refractivity contribution in [3.63, 3.8) is 0 Å². The van der Waals surface area contributed by atoms with Crippen molar-refractivity contribution in [1.29, 1.82) is 0 Å². The summed E-state index contributed by atoms with van der Waals surface area (Å²) in [6.45, 7) is 0.366. The first-order chi connectivity index (χ1) is 13.6. The van der Waals surface area contributed by atoms with Crippen LogP contribution in [0.4, 0.5) is 0 Å². The number of rotatable bonds is 8. The number of nitrogens with one attached hydrogen (secondary N) is 1. The lowest BCUT2D eigenvalue weighted by Gasteiger charge is -2.04. The van der Waals surface area contributed by atoms with Crippen LogP contribution in [0.15, 0.2) is 88.6 Å². The molecular weight excluding hydrogens is 352 g/mol. The predicted octanol–water partition coefficient (Wildman–Crippen LogP) is 3.35. The zero-order chi connectivity index (χ0) is 19.8. The maximum absolute atomic E-state index is 12.2. The molecule has 0 atom stereocenters. The van der Waals surface area contributed by atoms with Crippen molar-refractivity contribution >= 4 is 5.78 Å². The highest BCUT2D eigenvalue weighted by Crippen LogP contribution is 2.19. The van der Waals surface area contributed by atoms with Crippen molar-refractivity contribution < 1.29 is 4.79 Å². The average molecular weight is 374 g/mol. The van der Waals surface area contributed by atoms with Gasteiger partial charge < -0.3 is 0 Å². The van der Waals surface area contributed by atoms with Crippen LogP contribution in [0.1, 0.15) is 18.4 Å². The summed E-state index contributed by atoms with van der Waals surface area (Å²) in [6, 6.07) is 19.5. The molecule has 1 N–H and O–H groups in total. The molecule has 2 aromatic carbocycles. The molecule has 1 heterocycles. The van der Waals surface area contributed by atoms with Gasteiger partial charge in [-0.25, -0.2) is 4.79 Å². The molecule has 0 bridgehead atoms. The minimum Gasteiger partial charge on any atom is -0.299 e. The molecular formula is C23H22N2O3. The van der Waals surface area contributed by atoms with E-state index in [1.165, 1.54) is 16.8 Å². The van der Waals surface area contributed by atoms with Crippen molar-refractivity contribution in [2.45, 2.75) is 25.8 Å². The molecule has 0 aliphatic heterocycles. The molecule has 3 aromatic rings. The highest BCUT2D eigenvalue weighted by atomic mass is 16.2. The monoisotopic (exact) mass is 374 g/mol. The number of carbonyl (C=O) groups excluding carboxylic acids is 1. The number of Topliss-reactive ketones (excluding diaryl/α,β-unsaturated/α-hetero) is 1. The second-order valence-corrected chi connectivity index (χ2v) is 6.55. The lowest BCUT2D eigenvalue weighted by molar-refractivity contribution is -0.118. The van der Waals surface area contributed by atoms with Crippen LogP contribution in [0.2, 0.25) is 0 Å². The van der Waals surface area contributed by atoms with Crippen molar-refractivity contribution in [1.82, 2.24) is 9.55 Å². The van der Waals surface area contributed by atoms with E-state index in [0.717, 1.165) is 16.7 Å². The van der Waals surface area contributed by atoms with E-state index in [4.69, 9.17) is 0 Å². The topological polar surface area (TPSA) is 71.9 Å². The van der Waals surface area contributed by atoms with Gasteiger partial charge in [0.25, 0.3) is 5.56 Å². The zero-order valence-corrected chi connectivity index (χ0v) is 15.5. The van der Waals surface area contributed by atoms with Crippen LogP contribution in [-0.4, -0.2) is 15.3 Å². The Balaban J connectivity index is 1.45. The highest BCUT2D eigenvalue weighted by molar-refractivity contribution is 5.81. The standard InChI is InChI=1S/C23H22N2O3/c26-21(9-5-2-6-15-25-16-14-22(27)24-23(25)28)17-18-10-12-20(13-11-18)19-7-3-1-4-8-19/h1-4,6-8,10-14,16H,5,9,15,17H2,(H,24,27,28)/b6-2-. The molecule has 5 heteroatoms. The van der Waals surface area contributed by atoms with Crippen LogP contribution in [-0.2, 0) is 17.8 Å². The molecule has 0 spiro atoms. The van der Waals surface area contributed by atoms with E-state index in [9.17, 15) is 14.4 Å². The Morgan fingerprint density at radius 3 is 2.32 bits per heavy atom. The molecule has 1 aromatic heterocycles. The largest absolute Gasteiger partial charge is 0.328 e. The number of carbonyl (C=O) groups is 1. The first-order valence-corrected chi connectivity index (χ1v) is 9.22. The number of benzene rings is 2. The van der Waals surface area contributed by atoms with E-state index in [0.29, 0.717) is 25.8 Å². The quantitative estimate of drug-likeness (QED) is 0.615. The summed E-state index contributed by atoms with van der Waals surface area (Å²) in [4.78, 5) is 36.9. The molecule has 3 rings (SSSR count). The smallest absolute Gasteiger partial charge is 0.299 e. The van der Waals surface area contributed by atoms with Gasteiger partial charge in [0, 0.05) is 31.6 Å². The van der Waals surface area contributed by atoms with E-state index in [-0.39, 0.29) is 5.78 Å². The summed E-state index contributed by atoms with van der Waals surface area (Å²) < 4.78 is 1.40. The number of H-pyrrole nitrogens is 1. The number of hydrogen-bond donors (Lipinski definition) is 1. The summed E-state index contributed by atoms with van der Waals surface area (Å²) in [5.41, 5.74) is 2.46. The maximum atomic E-state index is 12.2. The molecule has 0 radical (unpaired) electrons. The Morgan fingerprint density at radius 1 is 0.893 bits per heavy atom. The maximum Gasteiger partial charge on any atom is 0.328 e. The van der Waals surface area contributed by atoms with Crippen LogP contribution in [0.3, 0.4) is 0 Å². The van der Waals surface area contributed by atoms with Gasteiger partial charge in [-0.2, -0.15) is 0 Å². The van der Waals surface area contributed by atoms with Crippen LogP contribution >= 0.6 is 0 Å². The predicted molar refractivity (Wildman–Crippen MR) is 110 cm³/mol. The van der Waals surface area contributed by atoms with Crippen molar-refractivity contribution in [2.75, 3.05) is 0 Å². The first-order valence-electron chi connectivity index (χ1n) is 9.22. The van der Waals surface area contributed by atoms with E-state index in [2.05, 4.69) is 17.1 Å². The van der Waals surface area contributed by atoms with Crippen molar-refractivity contribution in [2.24, 2.45) is 0 Å². The van der Waals surface area contributed by atoms with Gasteiger partial charge in [-0.15, -0.1) is 0 Å². The van der Waals surface area contributed by atoms with Crippen LogP contribution in [0.25, 0.3) is 11.1 Å². The minimum absolute atomic E-state index is 0.179. The number of hydrogen-bond acceptors (Lipinski definition) is 3. The van der Waals surface area contributed by atoms with Crippen LogP contribution in [0, 0.1) is 0 Å². The number of allylic oxidation sites excluding steroid dienone is 2. The molecule has 0 fully saturated rings. The fraction of sp³-hybridized carbons (Fsp3) is 0.174. The minimum atomic E-state index is -0.438. The van der Waals surface area contributed by atoms with Gasteiger partial charge in [0.1, 0.15) is 5.78 Å². The number of nitrogens with zero attached hydrogens (tertiary/aromatic N) is 1. The molecule has 142 valence electrons. The summed E-state index contributed by atoms with van der Waals surface area (Å²) in [6.07, 6.45) is 6.66. The van der Waals surface area contributed by atoms with E-state index < -0.39 is 11.2 Å². The summed E-state index contributed by atoms with van der Waals surface area (Å²) in [5, 5.41) is 0. The van der Waals surface area contributed by atoms with Gasteiger partial charge in [0.05, 0.1) is 0 Å². The number of aromatic nitrogens is 2. The third kappa shape index (κ3) is 5.51. The Morgan fingerprint density at radius 2 is 1.61 bits per heavy atom. The van der Waals surface area contributed by atoms with Gasteiger partial charge in [-0.3, -0.25) is 19.1 Å². The third-order valence-electron chi connectivity index (χ3n) is 4.42. The Hall–Kier alpha value is -3.47. The molecule has 5 nitrogen and oxygen atoms in total. The van der Waals surface area contributed by atoms with E-state index in [1.807, 2.05) is 54.6 Å². The SMILES string of the molecule is O=C(CC/C=C\Cn1ccc(=O)[nH]c1=O)Cc1ccc(-c2ccccc2)cc1. The Labute approximate surface area is 163 Å². The molecule has 0 amide bonds. The molecule has 28 heavy (non-hydrogen) atoms. The first kappa shape index (κ1) is 19.3. The molecule has 0 unspecified atom stereocenters. The third-order valence-corrected chi connectivity index (χ3v) is 4.42. The average Bonchev–Trinajstić information content (AvgIpc) is 2.70.